The van der Waals surface area contributed by atoms with Crippen molar-refractivity contribution in [1.29, 1.82) is 0 Å². The first kappa shape index (κ1) is 16.0. The topological polar surface area (TPSA) is 81.6 Å². The van der Waals surface area contributed by atoms with Crippen molar-refractivity contribution in [2.24, 2.45) is 0 Å². The van der Waals surface area contributed by atoms with Gasteiger partial charge in [0, 0.05) is 5.56 Å². The molecule has 3 aromatic heterocycles. The Morgan fingerprint density at radius 1 is 1.04 bits per heavy atom. The predicted octanol–water partition coefficient (Wildman–Crippen LogP) is 3.84. The number of nitrogens with zero attached hydrogens (tertiary/aromatic N) is 3. The number of benzene rings is 2. The number of fused-ring (bicyclic) bond motifs is 3. The third-order valence-corrected chi connectivity index (χ3v) is 5.83. The minimum absolute atomic E-state index is 0.0768. The molecule has 0 aliphatic heterocycles. The van der Waals surface area contributed by atoms with E-state index in [0.717, 1.165) is 31.8 Å². The minimum atomic E-state index is -0.348. The number of aromatic amines is 1. The monoisotopic (exact) mass is 391 g/mol. The molecule has 0 radical (unpaired) electrons. The van der Waals surface area contributed by atoms with Crippen molar-refractivity contribution in [1.82, 2.24) is 19.4 Å². The molecular weight excluding hydrogens is 378 g/mol. The number of rotatable bonds is 2. The van der Waals surface area contributed by atoms with Crippen LogP contribution < -0.4 is 11.4 Å². The number of hydrogen-bond acceptors (Lipinski definition) is 5. The van der Waals surface area contributed by atoms with E-state index in [1.54, 1.807) is 0 Å². The van der Waals surface area contributed by atoms with Crippen molar-refractivity contribution < 1.29 is 0 Å². The van der Waals surface area contributed by atoms with E-state index in [1.807, 2.05) is 65.3 Å². The Hall–Kier alpha value is -3.23. The van der Waals surface area contributed by atoms with Crippen molar-refractivity contribution >= 4 is 44.0 Å². The molecule has 0 saturated heterocycles. The molecule has 5 rings (SSSR count). The molecule has 0 amide bonds. The molecule has 0 atom stereocenters. The number of para-hydroxylation sites is 1. The van der Waals surface area contributed by atoms with Gasteiger partial charge in [0.1, 0.15) is 10.2 Å². The lowest BCUT2D eigenvalue weighted by molar-refractivity contribution is 0.888. The maximum absolute atomic E-state index is 12.9. The van der Waals surface area contributed by atoms with Crippen molar-refractivity contribution in [3.05, 3.63) is 75.8 Å². The Labute approximate surface area is 162 Å². The van der Waals surface area contributed by atoms with Crippen LogP contribution in [0.25, 0.3) is 37.4 Å². The summed E-state index contributed by atoms with van der Waals surface area (Å²) in [5, 5.41) is 3.91. The van der Waals surface area contributed by atoms with E-state index >= 15 is 0 Å². The number of thiophene rings is 1. The van der Waals surface area contributed by atoms with Gasteiger partial charge in [0.05, 0.1) is 21.6 Å². The molecule has 0 spiro atoms. The highest BCUT2D eigenvalue weighted by Crippen LogP contribution is 2.38. The number of nitrogen functional groups attached to an aromatic ring is 1. The van der Waals surface area contributed by atoms with Crippen LogP contribution >= 0.6 is 23.6 Å². The van der Waals surface area contributed by atoms with Gasteiger partial charge in [-0.2, -0.15) is 4.68 Å². The number of H-pyrrole nitrogens is 1. The fourth-order valence-corrected chi connectivity index (χ4v) is 4.60. The maximum Gasteiger partial charge on any atom is 0.283 e. The molecule has 6 nitrogen and oxygen atoms in total. The molecule has 0 aliphatic rings. The first-order chi connectivity index (χ1) is 13.1. The molecule has 0 aliphatic carbocycles. The molecule has 0 fully saturated rings. The zero-order chi connectivity index (χ0) is 18.5. The standard InChI is InChI=1S/C19H13N5OS2/c20-23-18(25)13-15-16(27-17(13)21-19(23)26)14(11-7-3-1-4-8-11)22-24(15)12-9-5-2-6-10-12/h1-10,22H,20H2. The summed E-state index contributed by atoms with van der Waals surface area (Å²) < 4.78 is 3.84. The summed E-state index contributed by atoms with van der Waals surface area (Å²) in [5.74, 6) is 5.83. The van der Waals surface area contributed by atoms with Crippen LogP contribution in [0.15, 0.2) is 65.5 Å². The quantitative estimate of drug-likeness (QED) is 0.354. The molecular formula is C19H13N5OS2. The van der Waals surface area contributed by atoms with Crippen LogP contribution in [0.2, 0.25) is 0 Å². The third-order valence-electron chi connectivity index (χ3n) is 4.45. The molecule has 3 N–H and O–H groups in total. The normalized spacial score (nSPS) is 11.4. The number of aromatic nitrogens is 4. The number of hydrogen-bond donors (Lipinski definition) is 2. The first-order valence-electron chi connectivity index (χ1n) is 8.21. The van der Waals surface area contributed by atoms with Gasteiger partial charge in [0.2, 0.25) is 4.77 Å². The largest absolute Gasteiger partial charge is 0.334 e. The molecule has 0 bridgehead atoms. The van der Waals surface area contributed by atoms with Crippen LogP contribution in [0, 0.1) is 4.77 Å². The summed E-state index contributed by atoms with van der Waals surface area (Å²) in [6.07, 6.45) is 0. The Morgan fingerprint density at radius 3 is 2.41 bits per heavy atom. The van der Waals surface area contributed by atoms with Crippen molar-refractivity contribution in [2.75, 3.05) is 5.84 Å². The Kier molecular flexibility index (Phi) is 3.49. The van der Waals surface area contributed by atoms with Gasteiger partial charge in [-0.15, -0.1) is 11.3 Å². The summed E-state index contributed by atoms with van der Waals surface area (Å²) >= 11 is 6.56. The van der Waals surface area contributed by atoms with E-state index in [-0.39, 0.29) is 10.3 Å². The highest BCUT2D eigenvalue weighted by molar-refractivity contribution is 7.71. The Balaban J connectivity index is 2.00. The van der Waals surface area contributed by atoms with Gasteiger partial charge in [0.15, 0.2) is 0 Å². The van der Waals surface area contributed by atoms with Crippen molar-refractivity contribution in [3.63, 3.8) is 0 Å². The average Bonchev–Trinajstić information content (AvgIpc) is 3.24. The first-order valence-corrected chi connectivity index (χ1v) is 9.44. The average molecular weight is 391 g/mol. The number of nitrogens with two attached hydrogens (primary N) is 1. The van der Waals surface area contributed by atoms with Gasteiger partial charge >= 0.3 is 0 Å². The van der Waals surface area contributed by atoms with Crippen LogP contribution in [-0.2, 0) is 0 Å². The Morgan fingerprint density at radius 2 is 1.70 bits per heavy atom. The van der Waals surface area contributed by atoms with Gasteiger partial charge in [-0.25, -0.2) is 4.98 Å². The molecule has 2 aromatic carbocycles. The number of nitrogens with one attached hydrogen (secondary N) is 1. The van der Waals surface area contributed by atoms with E-state index in [1.165, 1.54) is 11.3 Å². The highest BCUT2D eigenvalue weighted by atomic mass is 32.1. The van der Waals surface area contributed by atoms with E-state index in [4.69, 9.17) is 18.1 Å². The summed E-state index contributed by atoms with van der Waals surface area (Å²) in [6.45, 7) is 0. The second-order valence-corrected chi connectivity index (χ2v) is 7.42. The van der Waals surface area contributed by atoms with E-state index in [2.05, 4.69) is 10.1 Å². The lowest BCUT2D eigenvalue weighted by atomic mass is 10.1. The highest BCUT2D eigenvalue weighted by Gasteiger charge is 2.21. The molecule has 8 heteroatoms. The van der Waals surface area contributed by atoms with Gasteiger partial charge in [-0.1, -0.05) is 48.5 Å². The van der Waals surface area contributed by atoms with Crippen molar-refractivity contribution in [3.8, 4) is 16.9 Å². The lowest BCUT2D eigenvalue weighted by Crippen LogP contribution is -2.28. The molecule has 27 heavy (non-hydrogen) atoms. The molecule has 3 heterocycles. The second-order valence-electron chi connectivity index (χ2n) is 6.05. The van der Waals surface area contributed by atoms with E-state index in [9.17, 15) is 4.79 Å². The fraction of sp³-hybridized carbons (Fsp3) is 0. The zero-order valence-electron chi connectivity index (χ0n) is 13.9. The van der Waals surface area contributed by atoms with Crippen LogP contribution in [0.4, 0.5) is 0 Å². The van der Waals surface area contributed by atoms with Crippen LogP contribution in [0.3, 0.4) is 0 Å². The van der Waals surface area contributed by atoms with Gasteiger partial charge in [0.25, 0.3) is 5.56 Å². The van der Waals surface area contributed by atoms with E-state index in [0.29, 0.717) is 10.2 Å². The van der Waals surface area contributed by atoms with E-state index < -0.39 is 0 Å². The molecule has 0 saturated carbocycles. The van der Waals surface area contributed by atoms with Crippen molar-refractivity contribution in [2.45, 2.75) is 0 Å². The second kappa shape index (κ2) is 5.90. The van der Waals surface area contributed by atoms with Gasteiger partial charge in [-0.3, -0.25) is 14.6 Å². The minimum Gasteiger partial charge on any atom is -0.334 e. The molecule has 132 valence electrons. The smallest absolute Gasteiger partial charge is 0.283 e. The maximum atomic E-state index is 12.9. The van der Waals surface area contributed by atoms with Crippen LogP contribution in [-0.4, -0.2) is 19.4 Å². The van der Waals surface area contributed by atoms with Crippen LogP contribution in [0.5, 0.6) is 0 Å². The summed E-state index contributed by atoms with van der Waals surface area (Å²) in [6, 6.07) is 19.8. The van der Waals surface area contributed by atoms with Crippen LogP contribution in [0.1, 0.15) is 0 Å². The van der Waals surface area contributed by atoms with Gasteiger partial charge < -0.3 is 5.84 Å². The third kappa shape index (κ3) is 2.34. The fourth-order valence-electron chi connectivity index (χ4n) is 3.20. The SMILES string of the molecule is Nn1c(=S)nc2sc3c(-c4ccccc4)[nH]n(-c4ccccc4)c3c2c1=O. The summed E-state index contributed by atoms with van der Waals surface area (Å²) in [7, 11) is 0. The lowest BCUT2D eigenvalue weighted by Gasteiger charge is -2.05. The Bertz CT molecular complexity index is 1410. The predicted molar refractivity (Wildman–Crippen MR) is 111 cm³/mol. The summed E-state index contributed by atoms with van der Waals surface area (Å²) in [5.41, 5.74) is 3.27. The van der Waals surface area contributed by atoms with Gasteiger partial charge in [-0.05, 0) is 24.4 Å². The molecule has 0 unspecified atom stereocenters. The zero-order valence-corrected chi connectivity index (χ0v) is 15.6. The summed E-state index contributed by atoms with van der Waals surface area (Å²) in [4.78, 5) is 17.8. The molecule has 5 aromatic rings.